The smallest absolute Gasteiger partial charge is 0.220 e. The van der Waals surface area contributed by atoms with Crippen LogP contribution in [0, 0.1) is 23.2 Å². The van der Waals surface area contributed by atoms with Gasteiger partial charge in [-0.25, -0.2) is 0 Å². The van der Waals surface area contributed by atoms with E-state index in [-0.39, 0.29) is 23.2 Å². The summed E-state index contributed by atoms with van der Waals surface area (Å²) in [5, 5.41) is 3.14. The second-order valence-corrected chi connectivity index (χ2v) is 10.3. The fourth-order valence-electron chi connectivity index (χ4n) is 4.24. The van der Waals surface area contributed by atoms with E-state index in [1.165, 1.54) is 5.57 Å². The Labute approximate surface area is 177 Å². The molecule has 2 aliphatic carbocycles. The van der Waals surface area contributed by atoms with Gasteiger partial charge in [0.15, 0.2) is 0 Å². The molecule has 0 heterocycles. The van der Waals surface area contributed by atoms with Crippen molar-refractivity contribution < 1.29 is 9.59 Å². The van der Waals surface area contributed by atoms with Crippen LogP contribution in [-0.2, 0) is 9.59 Å². The highest BCUT2D eigenvalue weighted by Crippen LogP contribution is 2.58. The first kappa shape index (κ1) is 21.3. The Balaban J connectivity index is 1.58. The summed E-state index contributed by atoms with van der Waals surface area (Å²) in [5.41, 5.74) is 2.65. The summed E-state index contributed by atoms with van der Waals surface area (Å²) in [5.74, 6) is 1.59. The van der Waals surface area contributed by atoms with Gasteiger partial charge in [0.2, 0.25) is 5.91 Å². The standard InChI is InChI=1S/C24H32BrNO2/c1-15(2)11-20-21(24(20,3)4)14-26-23(28)13-18(12-22(27)17-5-6-17)16-7-9-19(25)10-8-16/h7-11,17-18,20-21H,5-6,12-14H2,1-4H3,(H,26,28). The van der Waals surface area contributed by atoms with Crippen LogP contribution in [0.2, 0.25) is 0 Å². The minimum absolute atomic E-state index is 0.0398. The number of allylic oxidation sites excluding steroid dienone is 2. The monoisotopic (exact) mass is 445 g/mol. The number of hydrogen-bond acceptors (Lipinski definition) is 2. The molecule has 2 saturated carbocycles. The molecule has 1 N–H and O–H groups in total. The van der Waals surface area contributed by atoms with Crippen LogP contribution in [0.5, 0.6) is 0 Å². The van der Waals surface area contributed by atoms with Gasteiger partial charge in [-0.2, -0.15) is 0 Å². The number of hydrogen-bond donors (Lipinski definition) is 1. The maximum atomic E-state index is 12.7. The minimum Gasteiger partial charge on any atom is -0.356 e. The second kappa shape index (κ2) is 8.52. The summed E-state index contributed by atoms with van der Waals surface area (Å²) in [6.07, 6.45) is 5.20. The van der Waals surface area contributed by atoms with E-state index in [0.29, 0.717) is 37.0 Å². The molecule has 3 unspecified atom stereocenters. The van der Waals surface area contributed by atoms with Crippen LogP contribution in [0.15, 0.2) is 40.4 Å². The summed E-state index contributed by atoms with van der Waals surface area (Å²) in [4.78, 5) is 25.1. The Morgan fingerprint density at radius 2 is 1.82 bits per heavy atom. The Hall–Kier alpha value is -1.42. The van der Waals surface area contributed by atoms with Crippen molar-refractivity contribution in [2.24, 2.45) is 23.2 Å². The SMILES string of the molecule is CC(C)=CC1C(CNC(=O)CC(CC(=O)C2CC2)c2ccc(Br)cc2)C1(C)C. The summed E-state index contributed by atoms with van der Waals surface area (Å²) in [6, 6.07) is 8.02. The summed E-state index contributed by atoms with van der Waals surface area (Å²) >= 11 is 3.46. The zero-order valence-electron chi connectivity index (χ0n) is 17.4. The Kier molecular flexibility index (Phi) is 6.48. The first-order valence-electron chi connectivity index (χ1n) is 10.4. The molecule has 0 saturated heterocycles. The zero-order chi connectivity index (χ0) is 20.5. The topological polar surface area (TPSA) is 46.2 Å². The Bertz CT molecular complexity index is 757. The zero-order valence-corrected chi connectivity index (χ0v) is 19.0. The third-order valence-corrected chi connectivity index (χ3v) is 6.95. The number of ketones is 1. The van der Waals surface area contributed by atoms with Crippen molar-refractivity contribution in [1.82, 2.24) is 5.32 Å². The third kappa shape index (κ3) is 5.34. The van der Waals surface area contributed by atoms with E-state index < -0.39 is 0 Å². The molecular weight excluding hydrogens is 414 g/mol. The molecule has 152 valence electrons. The summed E-state index contributed by atoms with van der Waals surface area (Å²) < 4.78 is 1.01. The van der Waals surface area contributed by atoms with Gasteiger partial charge in [-0.15, -0.1) is 0 Å². The lowest BCUT2D eigenvalue weighted by Crippen LogP contribution is -2.28. The van der Waals surface area contributed by atoms with Crippen LogP contribution in [0.25, 0.3) is 0 Å². The maximum Gasteiger partial charge on any atom is 0.220 e. The number of halogens is 1. The largest absolute Gasteiger partial charge is 0.356 e. The van der Waals surface area contributed by atoms with Crippen molar-refractivity contribution in [1.29, 1.82) is 0 Å². The van der Waals surface area contributed by atoms with E-state index in [4.69, 9.17) is 0 Å². The van der Waals surface area contributed by atoms with Crippen molar-refractivity contribution >= 4 is 27.6 Å². The fraction of sp³-hybridized carbons (Fsp3) is 0.583. The van der Waals surface area contributed by atoms with E-state index in [2.05, 4.69) is 55.0 Å². The molecule has 1 amide bonds. The predicted molar refractivity (Wildman–Crippen MR) is 117 cm³/mol. The average molecular weight is 446 g/mol. The molecule has 4 heteroatoms. The average Bonchev–Trinajstić information content (AvgIpc) is 3.52. The lowest BCUT2D eigenvalue weighted by atomic mass is 9.89. The molecule has 1 aromatic rings. The summed E-state index contributed by atoms with van der Waals surface area (Å²) in [7, 11) is 0. The Morgan fingerprint density at radius 1 is 1.18 bits per heavy atom. The van der Waals surface area contributed by atoms with Crippen molar-refractivity contribution in [3.05, 3.63) is 46.0 Å². The van der Waals surface area contributed by atoms with E-state index in [9.17, 15) is 9.59 Å². The number of Topliss-reactive ketones (excluding diaryl/α,β-unsaturated/α-hetero) is 1. The first-order chi connectivity index (χ1) is 13.2. The number of carbonyl (C=O) groups is 2. The van der Waals surface area contributed by atoms with E-state index in [1.54, 1.807) is 0 Å². The molecule has 28 heavy (non-hydrogen) atoms. The molecule has 3 nitrogen and oxygen atoms in total. The number of rotatable bonds is 9. The van der Waals surface area contributed by atoms with Gasteiger partial charge >= 0.3 is 0 Å². The van der Waals surface area contributed by atoms with Crippen molar-refractivity contribution in [3.63, 3.8) is 0 Å². The lowest BCUT2D eigenvalue weighted by Gasteiger charge is -2.17. The molecule has 0 aromatic heterocycles. The van der Waals surface area contributed by atoms with Crippen LogP contribution in [0.3, 0.4) is 0 Å². The third-order valence-electron chi connectivity index (χ3n) is 6.42. The highest BCUT2D eigenvalue weighted by Gasteiger charge is 2.55. The molecule has 0 aliphatic heterocycles. The molecule has 0 radical (unpaired) electrons. The predicted octanol–water partition coefficient (Wildman–Crippen LogP) is 5.65. The normalized spacial score (nSPS) is 23.6. The van der Waals surface area contributed by atoms with Crippen LogP contribution in [0.1, 0.15) is 64.9 Å². The quantitative estimate of drug-likeness (QED) is 0.499. The molecule has 0 bridgehead atoms. The highest BCUT2D eigenvalue weighted by atomic mass is 79.9. The fourth-order valence-corrected chi connectivity index (χ4v) is 4.51. The van der Waals surface area contributed by atoms with Crippen molar-refractivity contribution in [2.75, 3.05) is 6.54 Å². The number of amides is 1. The van der Waals surface area contributed by atoms with Crippen LogP contribution in [0.4, 0.5) is 0 Å². The van der Waals surface area contributed by atoms with Crippen LogP contribution >= 0.6 is 15.9 Å². The van der Waals surface area contributed by atoms with Gasteiger partial charge in [0.05, 0.1) is 0 Å². The van der Waals surface area contributed by atoms with E-state index >= 15 is 0 Å². The molecule has 2 fully saturated rings. The van der Waals surface area contributed by atoms with Gasteiger partial charge in [0.25, 0.3) is 0 Å². The molecular formula is C24H32BrNO2. The highest BCUT2D eigenvalue weighted by molar-refractivity contribution is 9.10. The first-order valence-corrected chi connectivity index (χ1v) is 11.2. The molecule has 0 spiro atoms. The van der Waals surface area contributed by atoms with Gasteiger partial charge in [-0.05, 0) is 67.6 Å². The van der Waals surface area contributed by atoms with Crippen LogP contribution in [-0.4, -0.2) is 18.2 Å². The van der Waals surface area contributed by atoms with Crippen LogP contribution < -0.4 is 5.32 Å². The molecule has 3 atom stereocenters. The van der Waals surface area contributed by atoms with Gasteiger partial charge in [0, 0.05) is 29.8 Å². The van der Waals surface area contributed by atoms with E-state index in [0.717, 1.165) is 22.9 Å². The lowest BCUT2D eigenvalue weighted by molar-refractivity contribution is -0.122. The van der Waals surface area contributed by atoms with E-state index in [1.807, 2.05) is 24.3 Å². The van der Waals surface area contributed by atoms with Gasteiger partial charge in [0.1, 0.15) is 5.78 Å². The number of benzene rings is 1. The molecule has 3 rings (SSSR count). The van der Waals surface area contributed by atoms with Gasteiger partial charge in [-0.1, -0.05) is 53.6 Å². The maximum absolute atomic E-state index is 12.7. The van der Waals surface area contributed by atoms with Crippen molar-refractivity contribution in [2.45, 2.75) is 59.3 Å². The number of carbonyl (C=O) groups excluding carboxylic acids is 2. The summed E-state index contributed by atoms with van der Waals surface area (Å²) in [6.45, 7) is 9.51. The molecule has 2 aliphatic rings. The van der Waals surface area contributed by atoms with Gasteiger partial charge in [-0.3, -0.25) is 9.59 Å². The van der Waals surface area contributed by atoms with Gasteiger partial charge < -0.3 is 5.32 Å². The second-order valence-electron chi connectivity index (χ2n) is 9.40. The Morgan fingerprint density at radius 3 is 2.39 bits per heavy atom. The minimum atomic E-state index is -0.0398. The number of nitrogens with one attached hydrogen (secondary N) is 1. The molecule has 1 aromatic carbocycles. The van der Waals surface area contributed by atoms with Crippen molar-refractivity contribution in [3.8, 4) is 0 Å².